The Hall–Kier alpha value is -1.13. The van der Waals surface area contributed by atoms with Gasteiger partial charge in [-0.25, -0.2) is 4.39 Å². The number of nitrogens with one attached hydrogen (secondary N) is 2. The molecule has 1 aromatic carbocycles. The minimum atomic E-state index is -0.551. The lowest BCUT2D eigenvalue weighted by Gasteiger charge is -2.31. The number of fused-ring (bicyclic) bond motifs is 2. The number of carbonyl (C=O) groups is 1. The average molecular weight is 341 g/mol. The molecular formula is C18H26ClFN2O. The third-order valence-electron chi connectivity index (χ3n) is 5.04. The van der Waals surface area contributed by atoms with Crippen LogP contribution in [0.4, 0.5) is 4.39 Å². The van der Waals surface area contributed by atoms with Crippen LogP contribution in [-0.4, -0.2) is 18.0 Å². The first-order valence-electron chi connectivity index (χ1n) is 8.25. The van der Waals surface area contributed by atoms with E-state index in [1.807, 2.05) is 19.9 Å². The van der Waals surface area contributed by atoms with Gasteiger partial charge in [0, 0.05) is 18.5 Å². The van der Waals surface area contributed by atoms with Gasteiger partial charge in [-0.3, -0.25) is 4.79 Å². The lowest BCUT2D eigenvalue weighted by Crippen LogP contribution is -2.44. The van der Waals surface area contributed by atoms with Gasteiger partial charge in [-0.2, -0.15) is 0 Å². The smallest absolute Gasteiger partial charge is 0.220 e. The molecule has 0 spiro atoms. The molecule has 0 saturated carbocycles. The number of benzene rings is 1. The van der Waals surface area contributed by atoms with E-state index in [9.17, 15) is 9.18 Å². The highest BCUT2D eigenvalue weighted by Gasteiger charge is 2.34. The highest BCUT2D eigenvalue weighted by atomic mass is 35.5. The van der Waals surface area contributed by atoms with Crippen molar-refractivity contribution >= 4 is 18.3 Å². The first-order chi connectivity index (χ1) is 10.4. The van der Waals surface area contributed by atoms with Crippen LogP contribution >= 0.6 is 12.4 Å². The third-order valence-corrected chi connectivity index (χ3v) is 5.04. The van der Waals surface area contributed by atoms with E-state index < -0.39 is 5.54 Å². The second kappa shape index (κ2) is 7.18. The van der Waals surface area contributed by atoms with Crippen LogP contribution < -0.4 is 10.6 Å². The van der Waals surface area contributed by atoms with Crippen molar-refractivity contribution in [3.05, 3.63) is 35.6 Å². The SMILES string of the molecule is CC(C)(NC(=O)CC1CC2CCC(C1)N2)c1cccc(F)c1.Cl. The van der Waals surface area contributed by atoms with Gasteiger partial charge in [0.1, 0.15) is 5.82 Å². The molecule has 2 saturated heterocycles. The Morgan fingerprint density at radius 1 is 1.30 bits per heavy atom. The van der Waals surface area contributed by atoms with E-state index in [1.165, 1.54) is 25.0 Å². The molecule has 2 aliphatic rings. The zero-order valence-electron chi connectivity index (χ0n) is 13.8. The molecule has 2 unspecified atom stereocenters. The number of carbonyl (C=O) groups excluding carboxylic acids is 1. The summed E-state index contributed by atoms with van der Waals surface area (Å²) in [5.74, 6) is 0.275. The summed E-state index contributed by atoms with van der Waals surface area (Å²) in [6.07, 6.45) is 5.27. The monoisotopic (exact) mass is 340 g/mol. The van der Waals surface area contributed by atoms with Crippen molar-refractivity contribution in [1.29, 1.82) is 0 Å². The Morgan fingerprint density at radius 2 is 1.96 bits per heavy atom. The lowest BCUT2D eigenvalue weighted by atomic mass is 9.88. The van der Waals surface area contributed by atoms with Crippen molar-refractivity contribution in [1.82, 2.24) is 10.6 Å². The van der Waals surface area contributed by atoms with Crippen LogP contribution in [0.5, 0.6) is 0 Å². The van der Waals surface area contributed by atoms with Crippen LogP contribution in [0.15, 0.2) is 24.3 Å². The molecule has 128 valence electrons. The molecule has 2 atom stereocenters. The largest absolute Gasteiger partial charge is 0.347 e. The lowest BCUT2D eigenvalue weighted by molar-refractivity contribution is -0.124. The molecule has 2 aliphatic heterocycles. The van der Waals surface area contributed by atoms with E-state index in [2.05, 4.69) is 10.6 Å². The maximum Gasteiger partial charge on any atom is 0.220 e. The zero-order chi connectivity index (χ0) is 15.7. The predicted molar refractivity (Wildman–Crippen MR) is 92.1 cm³/mol. The maximum absolute atomic E-state index is 13.4. The zero-order valence-corrected chi connectivity index (χ0v) is 14.6. The van der Waals surface area contributed by atoms with Gasteiger partial charge in [0.15, 0.2) is 0 Å². The van der Waals surface area contributed by atoms with E-state index in [0.717, 1.165) is 18.4 Å². The molecule has 5 heteroatoms. The molecule has 1 amide bonds. The second-order valence-corrected chi connectivity index (χ2v) is 7.36. The van der Waals surface area contributed by atoms with Crippen LogP contribution in [0.25, 0.3) is 0 Å². The summed E-state index contributed by atoms with van der Waals surface area (Å²) >= 11 is 0. The van der Waals surface area contributed by atoms with E-state index in [4.69, 9.17) is 0 Å². The van der Waals surface area contributed by atoms with Crippen molar-refractivity contribution in [2.24, 2.45) is 5.92 Å². The fourth-order valence-electron chi connectivity index (χ4n) is 3.95. The molecule has 2 heterocycles. The van der Waals surface area contributed by atoms with Crippen molar-refractivity contribution in [2.75, 3.05) is 0 Å². The summed E-state index contributed by atoms with van der Waals surface area (Å²) in [6.45, 7) is 3.84. The number of hydrogen-bond donors (Lipinski definition) is 2. The normalized spacial score (nSPS) is 26.5. The van der Waals surface area contributed by atoms with Gasteiger partial charge in [-0.15, -0.1) is 12.4 Å². The summed E-state index contributed by atoms with van der Waals surface area (Å²) in [4.78, 5) is 12.4. The van der Waals surface area contributed by atoms with Gasteiger partial charge in [-0.05, 0) is 63.1 Å². The minimum Gasteiger partial charge on any atom is -0.347 e. The molecule has 23 heavy (non-hydrogen) atoms. The average Bonchev–Trinajstić information content (AvgIpc) is 2.77. The van der Waals surface area contributed by atoms with Crippen LogP contribution in [0, 0.1) is 11.7 Å². The number of halogens is 2. The molecule has 1 aromatic rings. The van der Waals surface area contributed by atoms with Crippen molar-refractivity contribution in [3.8, 4) is 0 Å². The van der Waals surface area contributed by atoms with Crippen molar-refractivity contribution < 1.29 is 9.18 Å². The van der Waals surface area contributed by atoms with E-state index >= 15 is 0 Å². The van der Waals surface area contributed by atoms with E-state index in [1.54, 1.807) is 6.07 Å². The quantitative estimate of drug-likeness (QED) is 0.880. The molecule has 0 aromatic heterocycles. The third kappa shape index (κ3) is 4.45. The fourth-order valence-corrected chi connectivity index (χ4v) is 3.95. The Balaban J connectivity index is 0.00000192. The highest BCUT2D eigenvalue weighted by molar-refractivity contribution is 5.85. The van der Waals surface area contributed by atoms with Gasteiger partial charge in [0.05, 0.1) is 5.54 Å². The molecule has 2 fully saturated rings. The van der Waals surface area contributed by atoms with Gasteiger partial charge >= 0.3 is 0 Å². The summed E-state index contributed by atoms with van der Waals surface area (Å²) in [5.41, 5.74) is 0.247. The Bertz CT molecular complexity index is 552. The van der Waals surface area contributed by atoms with Crippen LogP contribution in [-0.2, 0) is 10.3 Å². The maximum atomic E-state index is 13.4. The summed E-state index contributed by atoms with van der Waals surface area (Å²) in [7, 11) is 0. The molecule has 3 nitrogen and oxygen atoms in total. The first kappa shape index (κ1) is 18.2. The van der Waals surface area contributed by atoms with E-state index in [0.29, 0.717) is 24.4 Å². The number of amides is 1. The van der Waals surface area contributed by atoms with Gasteiger partial charge in [0.25, 0.3) is 0 Å². The molecule has 2 N–H and O–H groups in total. The molecule has 3 rings (SSSR count). The summed E-state index contributed by atoms with van der Waals surface area (Å²) in [6, 6.07) is 7.66. The standard InChI is InChI=1S/C18H25FN2O.ClH/c1-18(2,13-4-3-5-14(19)11-13)21-17(22)10-12-8-15-6-7-16(9-12)20-15;/h3-5,11-12,15-16,20H,6-10H2,1-2H3,(H,21,22);1H. The van der Waals surface area contributed by atoms with Gasteiger partial charge in [-0.1, -0.05) is 12.1 Å². The second-order valence-electron chi connectivity index (χ2n) is 7.36. The first-order valence-corrected chi connectivity index (χ1v) is 8.25. The number of hydrogen-bond acceptors (Lipinski definition) is 2. The Kier molecular flexibility index (Phi) is 5.69. The molecule has 0 radical (unpaired) electrons. The topological polar surface area (TPSA) is 41.1 Å². The Labute approximate surface area is 143 Å². The number of rotatable bonds is 4. The van der Waals surface area contributed by atoms with Crippen molar-refractivity contribution in [2.45, 2.75) is 63.6 Å². The predicted octanol–water partition coefficient (Wildman–Crippen LogP) is 3.52. The van der Waals surface area contributed by atoms with E-state index in [-0.39, 0.29) is 24.1 Å². The summed E-state index contributed by atoms with van der Waals surface area (Å²) < 4.78 is 13.4. The molecule has 2 bridgehead atoms. The molecular weight excluding hydrogens is 315 g/mol. The Morgan fingerprint density at radius 3 is 2.57 bits per heavy atom. The minimum absolute atomic E-state index is 0. The van der Waals surface area contributed by atoms with Gasteiger partial charge < -0.3 is 10.6 Å². The van der Waals surface area contributed by atoms with Crippen LogP contribution in [0.2, 0.25) is 0 Å². The highest BCUT2D eigenvalue weighted by Crippen LogP contribution is 2.33. The van der Waals surface area contributed by atoms with Crippen molar-refractivity contribution in [3.63, 3.8) is 0 Å². The van der Waals surface area contributed by atoms with Gasteiger partial charge in [0.2, 0.25) is 5.91 Å². The fraction of sp³-hybridized carbons (Fsp3) is 0.611. The number of piperidine rings is 1. The molecule has 0 aliphatic carbocycles. The summed E-state index contributed by atoms with van der Waals surface area (Å²) in [5, 5.41) is 6.67. The van der Waals surface area contributed by atoms with Crippen LogP contribution in [0.1, 0.15) is 51.5 Å². The van der Waals surface area contributed by atoms with Crippen LogP contribution in [0.3, 0.4) is 0 Å².